The van der Waals surface area contributed by atoms with Crippen LogP contribution in [0.5, 0.6) is 0 Å². The van der Waals surface area contributed by atoms with E-state index in [4.69, 9.17) is 0 Å². The predicted molar refractivity (Wildman–Crippen MR) is 71.1 cm³/mol. The van der Waals surface area contributed by atoms with Crippen molar-refractivity contribution in [3.63, 3.8) is 0 Å². The van der Waals surface area contributed by atoms with E-state index in [1.54, 1.807) is 0 Å². The summed E-state index contributed by atoms with van der Waals surface area (Å²) in [5.74, 6) is -2.05. The fourth-order valence-electron chi connectivity index (χ4n) is 1.73. The average Bonchev–Trinajstić information content (AvgIpc) is 2.38. The van der Waals surface area contributed by atoms with Crippen LogP contribution in [0.2, 0.25) is 0 Å². The summed E-state index contributed by atoms with van der Waals surface area (Å²) >= 11 is 0. The van der Waals surface area contributed by atoms with Crippen LogP contribution in [0.4, 0.5) is 14.5 Å². The molecule has 1 rings (SSSR count). The van der Waals surface area contributed by atoms with Gasteiger partial charge >= 0.3 is 0 Å². The molecular formula is C14H21F2N2O+. The van der Waals surface area contributed by atoms with Crippen molar-refractivity contribution in [1.29, 1.82) is 0 Å². The highest BCUT2D eigenvalue weighted by molar-refractivity contribution is 5.90. The molecule has 1 atom stereocenters. The molecule has 1 aromatic rings. The van der Waals surface area contributed by atoms with E-state index < -0.39 is 11.6 Å². The van der Waals surface area contributed by atoms with Crippen LogP contribution in [0.15, 0.2) is 18.2 Å². The lowest BCUT2D eigenvalue weighted by atomic mass is 10.2. The number of hydrogen-bond acceptors (Lipinski definition) is 1. The van der Waals surface area contributed by atoms with Gasteiger partial charge in [0.25, 0.3) is 0 Å². The number of unbranched alkanes of at least 4 members (excludes halogenated alkanes) is 1. The summed E-state index contributed by atoms with van der Waals surface area (Å²) in [6, 6.07) is 3.34. The molecule has 0 aliphatic rings. The highest BCUT2D eigenvalue weighted by Gasteiger charge is 2.09. The van der Waals surface area contributed by atoms with Crippen molar-refractivity contribution in [2.45, 2.75) is 26.2 Å². The minimum Gasteiger partial charge on any atom is -0.337 e. The lowest BCUT2D eigenvalue weighted by Crippen LogP contribution is -3.09. The number of benzene rings is 1. The van der Waals surface area contributed by atoms with Crippen molar-refractivity contribution in [1.82, 2.24) is 0 Å². The Balaban J connectivity index is 2.36. The first kappa shape index (κ1) is 15.6. The molecule has 1 amide bonds. The van der Waals surface area contributed by atoms with Crippen LogP contribution in [0, 0.1) is 11.6 Å². The quantitative estimate of drug-likeness (QED) is 0.776. The number of hydrogen-bond donors (Lipinski definition) is 2. The topological polar surface area (TPSA) is 33.5 Å². The first-order valence-electron chi connectivity index (χ1n) is 6.59. The molecule has 2 N–H and O–H groups in total. The number of nitrogens with one attached hydrogen (secondary N) is 2. The zero-order valence-corrected chi connectivity index (χ0v) is 11.4. The molecule has 3 nitrogen and oxygen atoms in total. The number of anilines is 1. The third kappa shape index (κ3) is 5.79. The van der Waals surface area contributed by atoms with Gasteiger partial charge in [-0.2, -0.15) is 0 Å². The summed E-state index contributed by atoms with van der Waals surface area (Å²) in [5.41, 5.74) is 0.287. The van der Waals surface area contributed by atoms with E-state index in [1.165, 1.54) is 11.0 Å². The lowest BCUT2D eigenvalue weighted by Gasteiger charge is -2.13. The highest BCUT2D eigenvalue weighted by atomic mass is 19.2. The maximum atomic E-state index is 13.0. The Hall–Kier alpha value is -1.49. The van der Waals surface area contributed by atoms with E-state index in [9.17, 15) is 13.6 Å². The summed E-state index contributed by atoms with van der Waals surface area (Å²) in [6.07, 6.45) is 2.64. The number of quaternary nitrogens is 1. The standard InChI is InChI=1S/C14H20F2N2O/c1-3-4-8-18(2)9-7-14(19)17-11-5-6-12(15)13(16)10-11/h5-6,10H,3-4,7-9H2,1-2H3,(H,17,19)/p+1. The van der Waals surface area contributed by atoms with E-state index in [0.29, 0.717) is 6.42 Å². The van der Waals surface area contributed by atoms with Crippen LogP contribution in [0.25, 0.3) is 0 Å². The number of carbonyl (C=O) groups excluding carboxylic acids is 1. The minimum absolute atomic E-state index is 0.179. The predicted octanol–water partition coefficient (Wildman–Crippen LogP) is 1.61. The van der Waals surface area contributed by atoms with Crippen LogP contribution < -0.4 is 10.2 Å². The smallest absolute Gasteiger partial charge is 0.230 e. The molecule has 0 bridgehead atoms. The molecule has 19 heavy (non-hydrogen) atoms. The van der Waals surface area contributed by atoms with E-state index in [-0.39, 0.29) is 11.6 Å². The Labute approximate surface area is 112 Å². The largest absolute Gasteiger partial charge is 0.337 e. The summed E-state index contributed by atoms with van der Waals surface area (Å²) in [7, 11) is 2.04. The first-order chi connectivity index (χ1) is 9.02. The van der Waals surface area contributed by atoms with Gasteiger partial charge in [-0.15, -0.1) is 0 Å². The third-order valence-electron chi connectivity index (χ3n) is 2.94. The minimum atomic E-state index is -0.955. The molecule has 0 aliphatic heterocycles. The molecule has 0 saturated heterocycles. The SMILES string of the molecule is CCCC[NH+](C)CCC(=O)Nc1ccc(F)c(F)c1. The third-order valence-corrected chi connectivity index (χ3v) is 2.94. The van der Waals surface area contributed by atoms with E-state index in [0.717, 1.165) is 38.1 Å². The fourth-order valence-corrected chi connectivity index (χ4v) is 1.73. The van der Waals surface area contributed by atoms with Crippen molar-refractivity contribution in [3.05, 3.63) is 29.8 Å². The Morgan fingerprint density at radius 2 is 2.00 bits per heavy atom. The maximum absolute atomic E-state index is 13.0. The summed E-state index contributed by atoms with van der Waals surface area (Å²) in [5, 5.41) is 2.56. The zero-order valence-electron chi connectivity index (χ0n) is 11.4. The number of amides is 1. The van der Waals surface area contributed by atoms with Gasteiger partial charge in [-0.05, 0) is 18.6 Å². The molecule has 106 valence electrons. The Kier molecular flexibility index (Phi) is 6.42. The monoisotopic (exact) mass is 271 g/mol. The van der Waals surface area contributed by atoms with Crippen molar-refractivity contribution >= 4 is 11.6 Å². The van der Waals surface area contributed by atoms with Crippen molar-refractivity contribution in [2.24, 2.45) is 0 Å². The number of rotatable bonds is 7. The van der Waals surface area contributed by atoms with Gasteiger partial charge in [0.15, 0.2) is 11.6 Å². The summed E-state index contributed by atoms with van der Waals surface area (Å²) < 4.78 is 25.7. The van der Waals surface area contributed by atoms with Gasteiger partial charge in [-0.25, -0.2) is 8.78 Å². The van der Waals surface area contributed by atoms with Gasteiger partial charge in [0.05, 0.1) is 26.6 Å². The summed E-state index contributed by atoms with van der Waals surface area (Å²) in [4.78, 5) is 12.9. The number of halogens is 2. The van der Waals surface area contributed by atoms with E-state index in [2.05, 4.69) is 12.2 Å². The Bertz CT molecular complexity index is 424. The average molecular weight is 271 g/mol. The van der Waals surface area contributed by atoms with Crippen molar-refractivity contribution < 1.29 is 18.5 Å². The fraction of sp³-hybridized carbons (Fsp3) is 0.500. The van der Waals surface area contributed by atoms with E-state index >= 15 is 0 Å². The molecule has 0 aliphatic carbocycles. The van der Waals surface area contributed by atoms with Crippen LogP contribution >= 0.6 is 0 Å². The van der Waals surface area contributed by atoms with Crippen LogP contribution in [0.3, 0.4) is 0 Å². The van der Waals surface area contributed by atoms with Crippen molar-refractivity contribution in [3.8, 4) is 0 Å². The molecule has 0 aromatic heterocycles. The molecule has 5 heteroatoms. The Morgan fingerprint density at radius 3 is 2.63 bits per heavy atom. The Morgan fingerprint density at radius 1 is 1.26 bits per heavy atom. The molecule has 0 heterocycles. The molecule has 1 aromatic carbocycles. The normalized spacial score (nSPS) is 12.2. The molecule has 0 saturated carbocycles. The van der Waals surface area contributed by atoms with E-state index in [1.807, 2.05) is 7.05 Å². The molecular weight excluding hydrogens is 250 g/mol. The summed E-state index contributed by atoms with van der Waals surface area (Å²) in [6.45, 7) is 3.90. The molecule has 1 unspecified atom stereocenters. The maximum Gasteiger partial charge on any atom is 0.230 e. The number of carbonyl (C=O) groups is 1. The second kappa shape index (κ2) is 7.84. The molecule has 0 fully saturated rings. The van der Waals surface area contributed by atoms with Gasteiger partial charge in [-0.3, -0.25) is 4.79 Å². The van der Waals surface area contributed by atoms with Gasteiger partial charge in [-0.1, -0.05) is 13.3 Å². The van der Waals surface area contributed by atoms with Crippen LogP contribution in [-0.2, 0) is 4.79 Å². The zero-order chi connectivity index (χ0) is 14.3. The molecule has 0 radical (unpaired) electrons. The first-order valence-corrected chi connectivity index (χ1v) is 6.59. The van der Waals surface area contributed by atoms with Crippen LogP contribution in [-0.4, -0.2) is 26.0 Å². The van der Waals surface area contributed by atoms with Crippen LogP contribution in [0.1, 0.15) is 26.2 Å². The second-order valence-corrected chi connectivity index (χ2v) is 4.74. The van der Waals surface area contributed by atoms with Gasteiger partial charge in [0.2, 0.25) is 5.91 Å². The highest BCUT2D eigenvalue weighted by Crippen LogP contribution is 2.12. The lowest BCUT2D eigenvalue weighted by molar-refractivity contribution is -0.879. The second-order valence-electron chi connectivity index (χ2n) is 4.74. The van der Waals surface area contributed by atoms with Gasteiger partial charge in [0.1, 0.15) is 0 Å². The van der Waals surface area contributed by atoms with Gasteiger partial charge in [0, 0.05) is 11.8 Å². The van der Waals surface area contributed by atoms with Gasteiger partial charge < -0.3 is 10.2 Å². The molecule has 0 spiro atoms. The van der Waals surface area contributed by atoms with Crippen molar-refractivity contribution in [2.75, 3.05) is 25.5 Å².